The van der Waals surface area contributed by atoms with Crippen LogP contribution in [-0.2, 0) is 14.2 Å². The molecule has 0 unspecified atom stereocenters. The van der Waals surface area contributed by atoms with Crippen molar-refractivity contribution in [2.45, 2.75) is 76.7 Å². The van der Waals surface area contributed by atoms with Crippen molar-refractivity contribution in [3.05, 3.63) is 44.9 Å². The molecule has 4 heteroatoms. The Morgan fingerprint density at radius 2 is 1.76 bits per heavy atom. The molecule has 1 aliphatic heterocycles. The first-order valence-electron chi connectivity index (χ1n) is 13.5. The van der Waals surface area contributed by atoms with Crippen molar-refractivity contribution in [2.24, 2.45) is 17.3 Å². The number of allylic oxidation sites excluding steroid dienone is 3. The van der Waals surface area contributed by atoms with Gasteiger partial charge in [-0.05, 0) is 62.2 Å². The van der Waals surface area contributed by atoms with Gasteiger partial charge in [0.1, 0.15) is 11.4 Å². The van der Waals surface area contributed by atoms with Crippen LogP contribution in [0, 0.1) is 17.3 Å². The van der Waals surface area contributed by atoms with E-state index in [1.165, 1.54) is 62.7 Å². The van der Waals surface area contributed by atoms with Gasteiger partial charge in [0.2, 0.25) is 0 Å². The molecule has 3 saturated carbocycles. The second-order valence-electron chi connectivity index (χ2n) is 11.5. The van der Waals surface area contributed by atoms with Gasteiger partial charge in [0, 0.05) is 55.1 Å². The molecule has 2 bridgehead atoms. The lowest BCUT2D eigenvalue weighted by Gasteiger charge is -2.44. The largest absolute Gasteiger partial charge is 0.500 e. The highest BCUT2D eigenvalue weighted by molar-refractivity contribution is 5.74. The summed E-state index contributed by atoms with van der Waals surface area (Å²) in [6.07, 6.45) is 12.7. The Morgan fingerprint density at radius 3 is 2.55 bits per heavy atom. The van der Waals surface area contributed by atoms with Crippen LogP contribution < -0.4 is 0 Å². The molecule has 4 fully saturated rings. The maximum Gasteiger partial charge on any atom is 0.122 e. The Hall–Kier alpha value is -1.52. The van der Waals surface area contributed by atoms with E-state index in [0.29, 0.717) is 11.8 Å². The van der Waals surface area contributed by atoms with Crippen LogP contribution in [0.2, 0.25) is 0 Å². The van der Waals surface area contributed by atoms with Crippen LogP contribution in [0.15, 0.2) is 44.9 Å². The molecule has 6 aliphatic carbocycles. The zero-order valence-corrected chi connectivity index (χ0v) is 20.7. The molecule has 0 radical (unpaired) electrons. The monoisotopic (exact) mass is 449 g/mol. The number of rotatable bonds is 3. The third-order valence-electron chi connectivity index (χ3n) is 10.5. The number of fused-ring (bicyclic) bond motifs is 4. The number of methoxy groups -OCH3 is 2. The number of hydrogen-bond acceptors (Lipinski definition) is 4. The van der Waals surface area contributed by atoms with Crippen LogP contribution in [-0.4, -0.2) is 51.0 Å². The third kappa shape index (κ3) is 2.35. The fourth-order valence-electron chi connectivity index (χ4n) is 9.52. The highest BCUT2D eigenvalue weighted by Crippen LogP contribution is 2.79. The van der Waals surface area contributed by atoms with Crippen molar-refractivity contribution in [2.75, 3.05) is 40.5 Å². The van der Waals surface area contributed by atoms with E-state index in [1.54, 1.807) is 33.6 Å². The van der Waals surface area contributed by atoms with Crippen LogP contribution >= 0.6 is 0 Å². The molecule has 7 rings (SSSR count). The lowest BCUT2D eigenvalue weighted by atomic mass is 9.61. The van der Waals surface area contributed by atoms with Crippen LogP contribution in [0.1, 0.15) is 71.1 Å². The van der Waals surface area contributed by atoms with Gasteiger partial charge in [-0.1, -0.05) is 30.4 Å². The molecule has 0 aromatic carbocycles. The standard InChI is InChI=1S/C29H39NO3/c1-18-16-22-21(17-23(18)30-12-14-33-15-13-30)28-11-7-6-10-24(28)29(22,32-3)26-25(28)19-8-4-5-9-20(19)27(26)31-2/h20,24H,4-17H2,1-3H3/t20-,24+,28-,29-/m1/s1. The molecule has 4 atom stereocenters. The highest BCUT2D eigenvalue weighted by Gasteiger charge is 2.74. The summed E-state index contributed by atoms with van der Waals surface area (Å²) in [5, 5.41) is 0. The van der Waals surface area contributed by atoms with Gasteiger partial charge in [0.25, 0.3) is 0 Å². The Labute approximate surface area is 198 Å². The Morgan fingerprint density at radius 1 is 0.939 bits per heavy atom. The lowest BCUT2D eigenvalue weighted by molar-refractivity contribution is -0.00971. The minimum atomic E-state index is -0.251. The summed E-state index contributed by atoms with van der Waals surface area (Å²) < 4.78 is 18.8. The molecule has 1 saturated heterocycles. The van der Waals surface area contributed by atoms with Gasteiger partial charge in [-0.2, -0.15) is 0 Å². The summed E-state index contributed by atoms with van der Waals surface area (Å²) in [5.74, 6) is 2.36. The van der Waals surface area contributed by atoms with Gasteiger partial charge in [-0.3, -0.25) is 0 Å². The second-order valence-corrected chi connectivity index (χ2v) is 11.5. The Balaban J connectivity index is 1.44. The normalized spacial score (nSPS) is 39.8. The van der Waals surface area contributed by atoms with E-state index in [-0.39, 0.29) is 11.0 Å². The topological polar surface area (TPSA) is 30.9 Å². The van der Waals surface area contributed by atoms with Gasteiger partial charge < -0.3 is 19.1 Å². The van der Waals surface area contributed by atoms with Crippen LogP contribution in [0.25, 0.3) is 0 Å². The number of morpholine rings is 1. The summed E-state index contributed by atoms with van der Waals surface area (Å²) in [7, 11) is 3.92. The van der Waals surface area contributed by atoms with Crippen molar-refractivity contribution < 1.29 is 14.2 Å². The maximum absolute atomic E-state index is 6.82. The van der Waals surface area contributed by atoms with E-state index < -0.39 is 0 Å². The number of ether oxygens (including phenoxy) is 3. The SMILES string of the molecule is COC1=C2C(=C3CCCC[C@H]31)[C@@]13CCCC[C@@H]1[C@]2(OC)C1=C3CC(N2CCOCC2)=C(C)C1. The minimum absolute atomic E-state index is 0.197. The summed E-state index contributed by atoms with van der Waals surface area (Å²) in [4.78, 5) is 2.63. The van der Waals surface area contributed by atoms with E-state index >= 15 is 0 Å². The number of hydrogen-bond donors (Lipinski definition) is 0. The summed E-state index contributed by atoms with van der Waals surface area (Å²) in [6, 6.07) is 0. The first kappa shape index (κ1) is 20.8. The van der Waals surface area contributed by atoms with E-state index in [1.807, 2.05) is 14.2 Å². The van der Waals surface area contributed by atoms with E-state index in [9.17, 15) is 0 Å². The molecule has 33 heavy (non-hydrogen) atoms. The van der Waals surface area contributed by atoms with Gasteiger partial charge in [-0.15, -0.1) is 0 Å². The first-order chi connectivity index (χ1) is 16.2. The smallest absolute Gasteiger partial charge is 0.122 e. The van der Waals surface area contributed by atoms with Crippen LogP contribution in [0.5, 0.6) is 0 Å². The zero-order chi connectivity index (χ0) is 22.4. The predicted octanol–water partition coefficient (Wildman–Crippen LogP) is 5.67. The van der Waals surface area contributed by atoms with E-state index in [0.717, 1.165) is 39.1 Å². The lowest BCUT2D eigenvalue weighted by Crippen LogP contribution is -2.41. The maximum atomic E-state index is 6.82. The molecule has 0 aromatic rings. The van der Waals surface area contributed by atoms with Gasteiger partial charge in [0.05, 0.1) is 20.3 Å². The molecular formula is C29H39NO3. The predicted molar refractivity (Wildman–Crippen MR) is 129 cm³/mol. The van der Waals surface area contributed by atoms with Crippen molar-refractivity contribution >= 4 is 0 Å². The molecule has 0 N–H and O–H groups in total. The van der Waals surface area contributed by atoms with Crippen molar-refractivity contribution in [3.8, 4) is 0 Å². The average molecular weight is 450 g/mol. The van der Waals surface area contributed by atoms with Crippen molar-refractivity contribution in [1.82, 2.24) is 4.90 Å². The third-order valence-corrected chi connectivity index (χ3v) is 10.5. The molecule has 0 aromatic heterocycles. The molecule has 1 heterocycles. The van der Waals surface area contributed by atoms with E-state index in [4.69, 9.17) is 14.2 Å². The fraction of sp³-hybridized carbons (Fsp3) is 0.724. The van der Waals surface area contributed by atoms with Crippen LogP contribution in [0.3, 0.4) is 0 Å². The summed E-state index contributed by atoms with van der Waals surface area (Å²) >= 11 is 0. The summed E-state index contributed by atoms with van der Waals surface area (Å²) in [5.41, 5.74) is 11.4. The second kappa shape index (κ2) is 7.24. The zero-order valence-electron chi connectivity index (χ0n) is 20.7. The number of nitrogens with zero attached hydrogens (tertiary/aromatic N) is 1. The van der Waals surface area contributed by atoms with Crippen molar-refractivity contribution in [1.29, 1.82) is 0 Å². The minimum Gasteiger partial charge on any atom is -0.500 e. The molecule has 0 amide bonds. The Bertz CT molecular complexity index is 1030. The molecule has 4 nitrogen and oxygen atoms in total. The van der Waals surface area contributed by atoms with Gasteiger partial charge in [-0.25, -0.2) is 0 Å². The highest BCUT2D eigenvalue weighted by atomic mass is 16.5. The Kier molecular flexibility index (Phi) is 4.57. The summed E-state index contributed by atoms with van der Waals surface area (Å²) in [6.45, 7) is 6.18. The average Bonchev–Trinajstić information content (AvgIpc) is 3.42. The first-order valence-corrected chi connectivity index (χ1v) is 13.5. The quantitative estimate of drug-likeness (QED) is 0.519. The molecule has 178 valence electrons. The molecule has 0 spiro atoms. The molecular weight excluding hydrogens is 410 g/mol. The van der Waals surface area contributed by atoms with Gasteiger partial charge >= 0.3 is 0 Å². The molecule has 7 aliphatic rings. The van der Waals surface area contributed by atoms with Gasteiger partial charge in [0.15, 0.2) is 0 Å². The fourth-order valence-corrected chi connectivity index (χ4v) is 9.52. The van der Waals surface area contributed by atoms with E-state index in [2.05, 4.69) is 11.8 Å². The van der Waals surface area contributed by atoms with Crippen LogP contribution in [0.4, 0.5) is 0 Å². The van der Waals surface area contributed by atoms with Crippen molar-refractivity contribution in [3.63, 3.8) is 0 Å².